The highest BCUT2D eigenvalue weighted by atomic mass is 32.2. The van der Waals surface area contributed by atoms with E-state index < -0.39 is 15.8 Å². The van der Waals surface area contributed by atoms with E-state index in [4.69, 9.17) is 4.74 Å². The molecule has 1 aliphatic carbocycles. The third-order valence-corrected chi connectivity index (χ3v) is 6.79. The van der Waals surface area contributed by atoms with E-state index in [9.17, 15) is 8.76 Å². The van der Waals surface area contributed by atoms with Crippen LogP contribution >= 0.6 is 0 Å². The van der Waals surface area contributed by atoms with E-state index in [1.807, 2.05) is 0 Å². The fourth-order valence-electron chi connectivity index (χ4n) is 4.11. The number of morpholine rings is 1. The molecule has 0 N–H and O–H groups in total. The molecule has 3 atom stereocenters. The lowest BCUT2D eigenvalue weighted by Gasteiger charge is -2.37. The van der Waals surface area contributed by atoms with Crippen molar-refractivity contribution in [3.8, 4) is 0 Å². The maximum atomic E-state index is 10.0. The molecule has 0 bridgehead atoms. The number of hydrogen-bond acceptors (Lipinski definition) is 4. The maximum Gasteiger partial charge on any atom is 0.0726 e. The number of aryl methyl sites for hydroxylation is 1. The number of hydrogen-bond donors (Lipinski definition) is 0. The van der Waals surface area contributed by atoms with Gasteiger partial charge in [0.2, 0.25) is 0 Å². The summed E-state index contributed by atoms with van der Waals surface area (Å²) in [5.41, 5.74) is 2.85. The van der Waals surface area contributed by atoms with Gasteiger partial charge < -0.3 is 14.2 Å². The van der Waals surface area contributed by atoms with Crippen molar-refractivity contribution in [1.82, 2.24) is 0 Å². The average Bonchev–Trinajstić information content (AvgIpc) is 2.66. The molecule has 5 heteroatoms. The third-order valence-electron chi connectivity index (χ3n) is 5.79. The Kier molecular flexibility index (Phi) is 9.64. The van der Waals surface area contributed by atoms with Crippen LogP contribution in [0.15, 0.2) is 24.3 Å². The molecule has 0 aromatic heterocycles. The Morgan fingerprint density at radius 2 is 1.55 bits per heavy atom. The van der Waals surface area contributed by atoms with Gasteiger partial charge in [-0.2, -0.15) is 0 Å². The summed E-state index contributed by atoms with van der Waals surface area (Å²) in [4.78, 5) is 2.46. The second-order valence-electron chi connectivity index (χ2n) is 9.72. The van der Waals surface area contributed by atoms with Gasteiger partial charge in [-0.25, -0.2) is 0 Å². The quantitative estimate of drug-likeness (QED) is 0.603. The summed E-state index contributed by atoms with van der Waals surface area (Å²) < 4.78 is 25.3. The van der Waals surface area contributed by atoms with E-state index in [1.54, 1.807) is 20.8 Å². The van der Waals surface area contributed by atoms with Gasteiger partial charge in [-0.15, -0.1) is 0 Å². The Morgan fingerprint density at radius 1 is 1.03 bits per heavy atom. The molecule has 2 fully saturated rings. The van der Waals surface area contributed by atoms with Gasteiger partial charge in [0.05, 0.1) is 12.2 Å². The van der Waals surface area contributed by atoms with Crippen LogP contribution in [0, 0.1) is 5.92 Å². The summed E-state index contributed by atoms with van der Waals surface area (Å²) in [5, 5.41) is 0. The molecule has 1 saturated heterocycles. The van der Waals surface area contributed by atoms with Crippen molar-refractivity contribution in [1.29, 1.82) is 0 Å². The standard InChI is InChI=1S/C20H31NO.C4H10O2S/c1-16-14-21(15-17(2)22-16)20-12-10-19(11-13-20)9-8-18-6-4-3-5-7-18;1-4(2,3)7(5)6/h10-13,16-18H,3-9,14-15H2,1-2H3;1-3H3,(H,5,6)/p-1/t16-,17+;. The molecule has 1 saturated carbocycles. The van der Waals surface area contributed by atoms with Gasteiger partial charge in [0.15, 0.2) is 0 Å². The second-order valence-corrected chi connectivity index (χ2v) is 11.4. The number of anilines is 1. The van der Waals surface area contributed by atoms with E-state index in [1.165, 1.54) is 56.2 Å². The van der Waals surface area contributed by atoms with Crippen LogP contribution in [0.3, 0.4) is 0 Å². The van der Waals surface area contributed by atoms with E-state index in [0.29, 0.717) is 12.2 Å². The van der Waals surface area contributed by atoms with Crippen molar-refractivity contribution in [2.45, 2.75) is 96.5 Å². The Bertz CT molecular complexity index is 610. The van der Waals surface area contributed by atoms with Gasteiger partial charge >= 0.3 is 0 Å². The van der Waals surface area contributed by atoms with E-state index >= 15 is 0 Å². The number of benzene rings is 1. The minimum absolute atomic E-state index is 0.328. The molecule has 4 nitrogen and oxygen atoms in total. The SMILES string of the molecule is CC(C)(C)S(=O)[O-].C[C@@H]1CN(c2ccc(CCC3CCCCC3)cc2)C[C@H](C)O1. The average molecular weight is 423 g/mol. The van der Waals surface area contributed by atoms with Crippen LogP contribution in [0.5, 0.6) is 0 Å². The highest BCUT2D eigenvalue weighted by Gasteiger charge is 2.22. The lowest BCUT2D eigenvalue weighted by molar-refractivity contribution is -0.00521. The van der Waals surface area contributed by atoms with Crippen molar-refractivity contribution in [3.05, 3.63) is 29.8 Å². The molecule has 0 radical (unpaired) electrons. The lowest BCUT2D eigenvalue weighted by atomic mass is 9.85. The normalized spacial score (nSPS) is 24.6. The summed E-state index contributed by atoms with van der Waals surface area (Å²) in [7, 11) is 0. The molecule has 0 amide bonds. The summed E-state index contributed by atoms with van der Waals surface area (Å²) >= 11 is -1.93. The van der Waals surface area contributed by atoms with Crippen molar-refractivity contribution in [3.63, 3.8) is 0 Å². The highest BCUT2D eigenvalue weighted by molar-refractivity contribution is 7.80. The zero-order valence-electron chi connectivity index (χ0n) is 19.0. The molecule has 0 spiro atoms. The molecular formula is C24H40NO3S-. The van der Waals surface area contributed by atoms with E-state index in [0.717, 1.165) is 19.0 Å². The van der Waals surface area contributed by atoms with Gasteiger partial charge in [0.1, 0.15) is 0 Å². The zero-order chi connectivity index (χ0) is 21.4. The van der Waals surface area contributed by atoms with Gasteiger partial charge in [0, 0.05) is 23.5 Å². The smallest absolute Gasteiger partial charge is 0.0726 e. The molecular weight excluding hydrogens is 382 g/mol. The third kappa shape index (κ3) is 8.77. The van der Waals surface area contributed by atoms with Crippen LogP contribution < -0.4 is 4.90 Å². The number of ether oxygens (including phenoxy) is 1. The van der Waals surface area contributed by atoms with Crippen LogP contribution in [0.2, 0.25) is 0 Å². The van der Waals surface area contributed by atoms with Gasteiger partial charge in [-0.1, -0.05) is 44.2 Å². The molecule has 1 aliphatic heterocycles. The molecule has 166 valence electrons. The Morgan fingerprint density at radius 3 is 2.03 bits per heavy atom. The van der Waals surface area contributed by atoms with Crippen molar-refractivity contribution in [2.24, 2.45) is 5.92 Å². The van der Waals surface area contributed by atoms with Gasteiger partial charge in [0.25, 0.3) is 0 Å². The first-order chi connectivity index (χ1) is 13.6. The number of rotatable bonds is 4. The molecule has 1 heterocycles. The first kappa shape index (κ1) is 24.4. The first-order valence-corrected chi connectivity index (χ1v) is 12.3. The van der Waals surface area contributed by atoms with Crippen molar-refractivity contribution in [2.75, 3.05) is 18.0 Å². The lowest BCUT2D eigenvalue weighted by Crippen LogP contribution is -2.45. The van der Waals surface area contributed by atoms with Crippen LogP contribution in [0.4, 0.5) is 5.69 Å². The fraction of sp³-hybridized carbons (Fsp3) is 0.750. The predicted molar refractivity (Wildman–Crippen MR) is 122 cm³/mol. The summed E-state index contributed by atoms with van der Waals surface area (Å²) in [6.45, 7) is 11.3. The first-order valence-electron chi connectivity index (χ1n) is 11.2. The van der Waals surface area contributed by atoms with Crippen molar-refractivity contribution < 1.29 is 13.5 Å². The molecule has 3 rings (SSSR count). The molecule has 1 aromatic carbocycles. The van der Waals surface area contributed by atoms with E-state index in [-0.39, 0.29) is 0 Å². The second kappa shape index (κ2) is 11.5. The molecule has 2 aliphatic rings. The molecule has 1 unspecified atom stereocenters. The largest absolute Gasteiger partial charge is 0.772 e. The maximum absolute atomic E-state index is 10.0. The zero-order valence-corrected chi connectivity index (χ0v) is 19.8. The Labute approximate surface area is 180 Å². The van der Waals surface area contributed by atoms with Gasteiger partial charge in [-0.3, -0.25) is 4.21 Å². The molecule has 29 heavy (non-hydrogen) atoms. The molecule has 1 aromatic rings. The minimum Gasteiger partial charge on any atom is -0.772 e. The van der Waals surface area contributed by atoms with Crippen LogP contribution in [-0.2, 0) is 22.2 Å². The minimum atomic E-state index is -1.93. The van der Waals surface area contributed by atoms with E-state index in [2.05, 4.69) is 43.0 Å². The Balaban J connectivity index is 0.000000370. The van der Waals surface area contributed by atoms with Crippen LogP contribution in [0.1, 0.15) is 78.7 Å². The summed E-state index contributed by atoms with van der Waals surface area (Å²) in [6, 6.07) is 9.29. The Hall–Kier alpha value is -0.910. The predicted octanol–water partition coefficient (Wildman–Crippen LogP) is 5.48. The van der Waals surface area contributed by atoms with Crippen LogP contribution in [-0.4, -0.2) is 38.8 Å². The topological polar surface area (TPSA) is 52.6 Å². The summed E-state index contributed by atoms with van der Waals surface area (Å²) in [5.74, 6) is 0.981. The fourth-order valence-corrected chi connectivity index (χ4v) is 4.11. The number of nitrogens with zero attached hydrogens (tertiary/aromatic N) is 1. The van der Waals surface area contributed by atoms with Crippen molar-refractivity contribution >= 4 is 16.8 Å². The van der Waals surface area contributed by atoms with Crippen LogP contribution in [0.25, 0.3) is 0 Å². The monoisotopic (exact) mass is 422 g/mol. The summed E-state index contributed by atoms with van der Waals surface area (Å²) in [6.07, 6.45) is 10.6. The highest BCUT2D eigenvalue weighted by Crippen LogP contribution is 2.28. The van der Waals surface area contributed by atoms with Gasteiger partial charge in [-0.05, 0) is 82.2 Å².